The molecule has 1 amide bonds. The highest BCUT2D eigenvalue weighted by molar-refractivity contribution is 5.96. The predicted molar refractivity (Wildman–Crippen MR) is 141 cm³/mol. The van der Waals surface area contributed by atoms with Crippen LogP contribution in [0.4, 0.5) is 13.2 Å². The van der Waals surface area contributed by atoms with Gasteiger partial charge in [-0.25, -0.2) is 4.98 Å². The Balaban J connectivity index is 1.43. The van der Waals surface area contributed by atoms with Crippen LogP contribution in [0.2, 0.25) is 0 Å². The lowest BCUT2D eigenvalue weighted by Crippen LogP contribution is -2.35. The average molecular weight is 539 g/mol. The molecule has 2 aromatic heterocycles. The standard InChI is InChI=1S/C29H29F3N4O3/c1-18(22-5-3-4-6-24(22)29(30,31)32)38-26-15-19(7-8-23(26)28(33)37)25-17-34-27-16-21(11-14-36(25)27)39-20-9-12-35(2)13-10-20/h3-8,11,14-18,20H,9-10,12-13H2,1-2H3,(H2,33,37)/t18-/m1/s1. The van der Waals surface area contributed by atoms with E-state index in [9.17, 15) is 18.0 Å². The first kappa shape index (κ1) is 26.6. The van der Waals surface area contributed by atoms with Crippen molar-refractivity contribution in [2.45, 2.75) is 38.1 Å². The van der Waals surface area contributed by atoms with E-state index in [4.69, 9.17) is 15.2 Å². The summed E-state index contributed by atoms with van der Waals surface area (Å²) in [5, 5.41) is 0. The zero-order chi connectivity index (χ0) is 27.7. The largest absolute Gasteiger partial charge is 0.490 e. The fraction of sp³-hybridized carbons (Fsp3) is 0.310. The fourth-order valence-electron chi connectivity index (χ4n) is 4.89. The van der Waals surface area contributed by atoms with Gasteiger partial charge in [0.25, 0.3) is 5.91 Å². The molecule has 1 atom stereocenters. The number of carbonyl (C=O) groups is 1. The molecule has 1 aliphatic heterocycles. The zero-order valence-electron chi connectivity index (χ0n) is 21.6. The number of hydrogen-bond acceptors (Lipinski definition) is 5. The SMILES string of the molecule is C[C@@H](Oc1cc(-c2cnc3cc(OC4CCN(C)CC4)ccn23)ccc1C(N)=O)c1ccccc1C(F)(F)F. The number of imidazole rings is 1. The molecule has 0 unspecified atom stereocenters. The Bertz CT molecular complexity index is 1490. The van der Waals surface area contributed by atoms with E-state index in [0.717, 1.165) is 37.7 Å². The van der Waals surface area contributed by atoms with Crippen LogP contribution in [-0.2, 0) is 6.18 Å². The summed E-state index contributed by atoms with van der Waals surface area (Å²) < 4.78 is 54.7. The Morgan fingerprint density at radius 2 is 1.85 bits per heavy atom. The summed E-state index contributed by atoms with van der Waals surface area (Å²) in [5.41, 5.74) is 6.82. The van der Waals surface area contributed by atoms with Crippen LogP contribution in [0.3, 0.4) is 0 Å². The maximum Gasteiger partial charge on any atom is 0.416 e. The monoisotopic (exact) mass is 538 g/mol. The van der Waals surface area contributed by atoms with Crippen LogP contribution >= 0.6 is 0 Å². The molecule has 0 bridgehead atoms. The van der Waals surface area contributed by atoms with E-state index in [0.29, 0.717) is 16.9 Å². The fourth-order valence-corrected chi connectivity index (χ4v) is 4.89. The van der Waals surface area contributed by atoms with Gasteiger partial charge in [0, 0.05) is 36.5 Å². The highest BCUT2D eigenvalue weighted by Gasteiger charge is 2.35. The van der Waals surface area contributed by atoms with Crippen molar-refractivity contribution in [3.8, 4) is 22.8 Å². The summed E-state index contributed by atoms with van der Waals surface area (Å²) in [4.78, 5) is 18.9. The van der Waals surface area contributed by atoms with Crippen LogP contribution in [0.15, 0.2) is 67.0 Å². The third-order valence-electron chi connectivity index (χ3n) is 7.00. The first-order valence-electron chi connectivity index (χ1n) is 12.7. The van der Waals surface area contributed by atoms with Gasteiger partial charge in [0.05, 0.1) is 23.0 Å². The Morgan fingerprint density at radius 3 is 2.56 bits per heavy atom. The number of fused-ring (bicyclic) bond motifs is 1. The third-order valence-corrected chi connectivity index (χ3v) is 7.00. The van der Waals surface area contributed by atoms with E-state index in [1.807, 2.05) is 22.7 Å². The molecule has 2 aromatic carbocycles. The van der Waals surface area contributed by atoms with Gasteiger partial charge in [-0.15, -0.1) is 0 Å². The topological polar surface area (TPSA) is 82.1 Å². The lowest BCUT2D eigenvalue weighted by molar-refractivity contribution is -0.139. The predicted octanol–water partition coefficient (Wildman–Crippen LogP) is 5.73. The van der Waals surface area contributed by atoms with Gasteiger partial charge in [-0.3, -0.25) is 9.20 Å². The Hall–Kier alpha value is -4.05. The molecule has 7 nitrogen and oxygen atoms in total. The Kier molecular flexibility index (Phi) is 7.22. The van der Waals surface area contributed by atoms with Crippen molar-refractivity contribution in [3.63, 3.8) is 0 Å². The number of pyridine rings is 1. The molecule has 1 saturated heterocycles. The van der Waals surface area contributed by atoms with Crippen molar-refractivity contribution in [1.29, 1.82) is 0 Å². The molecule has 4 aromatic rings. The summed E-state index contributed by atoms with van der Waals surface area (Å²) in [6, 6.07) is 13.7. The lowest BCUT2D eigenvalue weighted by atomic mass is 10.0. The number of amides is 1. The van der Waals surface area contributed by atoms with Gasteiger partial charge >= 0.3 is 6.18 Å². The second-order valence-corrected chi connectivity index (χ2v) is 9.77. The van der Waals surface area contributed by atoms with Crippen molar-refractivity contribution in [2.75, 3.05) is 20.1 Å². The minimum Gasteiger partial charge on any atom is -0.490 e. The number of alkyl halides is 3. The molecule has 0 aliphatic carbocycles. The molecule has 2 N–H and O–H groups in total. The number of ether oxygens (including phenoxy) is 2. The highest BCUT2D eigenvalue weighted by atomic mass is 19.4. The number of hydrogen-bond donors (Lipinski definition) is 1. The van der Waals surface area contributed by atoms with Gasteiger partial charge in [0.2, 0.25) is 0 Å². The number of likely N-dealkylation sites (tertiary alicyclic amines) is 1. The van der Waals surface area contributed by atoms with E-state index >= 15 is 0 Å². The molecule has 204 valence electrons. The van der Waals surface area contributed by atoms with E-state index in [2.05, 4.69) is 16.9 Å². The number of rotatable bonds is 7. The molecular formula is C29H29F3N4O3. The molecular weight excluding hydrogens is 509 g/mol. The number of aromatic nitrogens is 2. The minimum absolute atomic E-state index is 0.0437. The van der Waals surface area contributed by atoms with Gasteiger partial charge in [0.15, 0.2) is 0 Å². The molecule has 10 heteroatoms. The van der Waals surface area contributed by atoms with Crippen LogP contribution in [0, 0.1) is 0 Å². The minimum atomic E-state index is -4.55. The molecule has 0 radical (unpaired) electrons. The van der Waals surface area contributed by atoms with Gasteiger partial charge < -0.3 is 20.1 Å². The summed E-state index contributed by atoms with van der Waals surface area (Å²) in [6.07, 6.45) is 0.0629. The average Bonchev–Trinajstić information content (AvgIpc) is 3.32. The van der Waals surface area contributed by atoms with Gasteiger partial charge in [0.1, 0.15) is 29.4 Å². The second kappa shape index (κ2) is 10.6. The maximum absolute atomic E-state index is 13.6. The van der Waals surface area contributed by atoms with Crippen LogP contribution in [0.5, 0.6) is 11.5 Å². The molecule has 0 saturated carbocycles. The number of nitrogens with two attached hydrogens (primary N) is 1. The molecule has 3 heterocycles. The van der Waals surface area contributed by atoms with Crippen molar-refractivity contribution < 1.29 is 27.4 Å². The number of primary amides is 1. The summed E-state index contributed by atoms with van der Waals surface area (Å²) in [7, 11) is 2.10. The van der Waals surface area contributed by atoms with E-state index in [1.54, 1.807) is 18.3 Å². The quantitative estimate of drug-likeness (QED) is 0.325. The van der Waals surface area contributed by atoms with E-state index in [1.165, 1.54) is 31.2 Å². The van der Waals surface area contributed by atoms with Crippen LogP contribution < -0.4 is 15.2 Å². The summed E-state index contributed by atoms with van der Waals surface area (Å²) in [5.74, 6) is 0.0720. The van der Waals surface area contributed by atoms with E-state index in [-0.39, 0.29) is 23.0 Å². The normalized spacial score (nSPS) is 15.8. The van der Waals surface area contributed by atoms with Gasteiger partial charge in [-0.2, -0.15) is 13.2 Å². The third kappa shape index (κ3) is 5.70. The van der Waals surface area contributed by atoms with Crippen molar-refractivity contribution >= 4 is 11.6 Å². The molecule has 5 rings (SSSR count). The van der Waals surface area contributed by atoms with E-state index < -0.39 is 23.8 Å². The number of piperidine rings is 1. The highest BCUT2D eigenvalue weighted by Crippen LogP contribution is 2.37. The number of nitrogens with zero attached hydrogens (tertiary/aromatic N) is 3. The molecule has 1 fully saturated rings. The zero-order valence-corrected chi connectivity index (χ0v) is 21.6. The molecule has 39 heavy (non-hydrogen) atoms. The second-order valence-electron chi connectivity index (χ2n) is 9.77. The van der Waals surface area contributed by atoms with Crippen molar-refractivity contribution in [1.82, 2.24) is 14.3 Å². The lowest BCUT2D eigenvalue weighted by Gasteiger charge is -2.29. The van der Waals surface area contributed by atoms with Gasteiger partial charge in [-0.1, -0.05) is 24.3 Å². The number of halogens is 3. The van der Waals surface area contributed by atoms with Crippen molar-refractivity contribution in [3.05, 3.63) is 83.7 Å². The van der Waals surface area contributed by atoms with Crippen molar-refractivity contribution in [2.24, 2.45) is 5.73 Å². The number of carbonyl (C=O) groups excluding carboxylic acids is 1. The molecule has 1 aliphatic rings. The Morgan fingerprint density at radius 1 is 1.10 bits per heavy atom. The first-order valence-corrected chi connectivity index (χ1v) is 12.7. The first-order chi connectivity index (χ1) is 18.6. The summed E-state index contributed by atoms with van der Waals surface area (Å²) in [6.45, 7) is 3.49. The maximum atomic E-state index is 13.6. The molecule has 0 spiro atoms. The van der Waals surface area contributed by atoms with Crippen LogP contribution in [0.1, 0.15) is 47.4 Å². The summed E-state index contributed by atoms with van der Waals surface area (Å²) >= 11 is 0. The number of benzene rings is 2. The smallest absolute Gasteiger partial charge is 0.416 e. The van der Waals surface area contributed by atoms with Gasteiger partial charge in [-0.05, 0) is 51.1 Å². The Labute approximate surface area is 224 Å². The van der Waals surface area contributed by atoms with Crippen LogP contribution in [-0.4, -0.2) is 46.4 Å². The van der Waals surface area contributed by atoms with Crippen LogP contribution in [0.25, 0.3) is 16.9 Å².